The summed E-state index contributed by atoms with van der Waals surface area (Å²) >= 11 is 0. The molecule has 0 saturated carbocycles. The molecule has 1 unspecified atom stereocenters. The van der Waals surface area contributed by atoms with Crippen LogP contribution in [-0.4, -0.2) is 4.98 Å². The van der Waals surface area contributed by atoms with E-state index in [0.29, 0.717) is 5.92 Å². The number of nitrogens with one attached hydrogen (secondary N) is 1. The number of aromatic amines is 1. The van der Waals surface area contributed by atoms with Crippen molar-refractivity contribution in [1.82, 2.24) is 4.98 Å². The normalized spacial score (nSPS) is 20.5. The van der Waals surface area contributed by atoms with Crippen LogP contribution < -0.4 is 0 Å². The van der Waals surface area contributed by atoms with Gasteiger partial charge in [-0.15, -0.1) is 0 Å². The maximum Gasteiger partial charge on any atom is 0.0229 e. The van der Waals surface area contributed by atoms with E-state index in [2.05, 4.69) is 38.0 Å². The summed E-state index contributed by atoms with van der Waals surface area (Å²) in [6.07, 6.45) is 8.17. The van der Waals surface area contributed by atoms with E-state index in [1.165, 1.54) is 41.7 Å². The van der Waals surface area contributed by atoms with Crippen molar-refractivity contribution in [3.05, 3.63) is 28.6 Å². The lowest BCUT2D eigenvalue weighted by molar-refractivity contribution is 0.661. The maximum absolute atomic E-state index is 3.42. The molecule has 1 aromatic rings. The first kappa shape index (κ1) is 9.57. The monoisotopic (exact) mass is 189 g/mol. The number of aromatic nitrogens is 1. The standard InChI is InChI=1S/C13H19N/c1-4-5-11-8-14-13-7-10(3)9(2)6-12(11)13/h6,8,10,14H,4-5,7H2,1-3H3. The quantitative estimate of drug-likeness (QED) is 0.732. The first-order valence-corrected chi connectivity index (χ1v) is 5.59. The lowest BCUT2D eigenvalue weighted by Crippen LogP contribution is -2.07. The van der Waals surface area contributed by atoms with Crippen LogP contribution in [0.25, 0.3) is 6.08 Å². The summed E-state index contributed by atoms with van der Waals surface area (Å²) in [4.78, 5) is 3.42. The zero-order chi connectivity index (χ0) is 10.1. The smallest absolute Gasteiger partial charge is 0.0229 e. The van der Waals surface area contributed by atoms with Crippen LogP contribution in [0.3, 0.4) is 0 Å². The molecule has 1 heteroatoms. The van der Waals surface area contributed by atoms with E-state index in [4.69, 9.17) is 0 Å². The van der Waals surface area contributed by atoms with Crippen LogP contribution >= 0.6 is 0 Å². The highest BCUT2D eigenvalue weighted by Gasteiger charge is 2.18. The Labute approximate surface area is 86.2 Å². The molecular formula is C13H19N. The molecule has 1 aromatic heterocycles. The van der Waals surface area contributed by atoms with Gasteiger partial charge in [-0.05, 0) is 36.8 Å². The molecule has 1 atom stereocenters. The summed E-state index contributed by atoms with van der Waals surface area (Å²) in [5, 5.41) is 0. The average Bonchev–Trinajstić information content (AvgIpc) is 2.51. The molecule has 14 heavy (non-hydrogen) atoms. The van der Waals surface area contributed by atoms with Gasteiger partial charge in [-0.1, -0.05) is 31.9 Å². The van der Waals surface area contributed by atoms with Crippen LogP contribution in [0.2, 0.25) is 0 Å². The molecule has 0 amide bonds. The van der Waals surface area contributed by atoms with Gasteiger partial charge in [0, 0.05) is 11.9 Å². The highest BCUT2D eigenvalue weighted by atomic mass is 14.7. The Morgan fingerprint density at radius 2 is 2.29 bits per heavy atom. The zero-order valence-electron chi connectivity index (χ0n) is 9.35. The van der Waals surface area contributed by atoms with Crippen LogP contribution in [0.5, 0.6) is 0 Å². The fourth-order valence-corrected chi connectivity index (χ4v) is 2.19. The number of hydrogen-bond donors (Lipinski definition) is 1. The van der Waals surface area contributed by atoms with Gasteiger partial charge in [-0.25, -0.2) is 0 Å². The Kier molecular flexibility index (Phi) is 2.49. The van der Waals surface area contributed by atoms with Gasteiger partial charge in [0.05, 0.1) is 0 Å². The predicted octanol–water partition coefficient (Wildman–Crippen LogP) is 3.56. The van der Waals surface area contributed by atoms with Gasteiger partial charge >= 0.3 is 0 Å². The molecular weight excluding hydrogens is 170 g/mol. The average molecular weight is 189 g/mol. The Bertz CT molecular complexity index is 357. The van der Waals surface area contributed by atoms with E-state index in [9.17, 15) is 0 Å². The van der Waals surface area contributed by atoms with Crippen molar-refractivity contribution in [2.45, 2.75) is 40.0 Å². The van der Waals surface area contributed by atoms with E-state index in [1.54, 1.807) is 0 Å². The van der Waals surface area contributed by atoms with Crippen LogP contribution in [-0.2, 0) is 12.8 Å². The Morgan fingerprint density at radius 3 is 3.00 bits per heavy atom. The Hall–Kier alpha value is -0.980. The molecule has 1 aliphatic carbocycles. The van der Waals surface area contributed by atoms with Crippen molar-refractivity contribution in [3.8, 4) is 0 Å². The molecule has 1 heterocycles. The predicted molar refractivity (Wildman–Crippen MR) is 61.3 cm³/mol. The second-order valence-electron chi connectivity index (χ2n) is 4.45. The number of fused-ring (bicyclic) bond motifs is 1. The number of aryl methyl sites for hydroxylation is 1. The topological polar surface area (TPSA) is 15.8 Å². The van der Waals surface area contributed by atoms with E-state index in [1.807, 2.05) is 0 Å². The molecule has 76 valence electrons. The summed E-state index contributed by atoms with van der Waals surface area (Å²) in [6.45, 7) is 6.78. The summed E-state index contributed by atoms with van der Waals surface area (Å²) in [6, 6.07) is 0. The summed E-state index contributed by atoms with van der Waals surface area (Å²) < 4.78 is 0. The van der Waals surface area contributed by atoms with Gasteiger partial charge < -0.3 is 4.98 Å². The van der Waals surface area contributed by atoms with Crippen LogP contribution in [0.15, 0.2) is 11.8 Å². The van der Waals surface area contributed by atoms with Crippen LogP contribution in [0.4, 0.5) is 0 Å². The van der Waals surface area contributed by atoms with Gasteiger partial charge in [-0.3, -0.25) is 0 Å². The maximum atomic E-state index is 3.42. The van der Waals surface area contributed by atoms with Crippen LogP contribution in [0.1, 0.15) is 44.0 Å². The molecule has 1 N–H and O–H groups in total. The number of hydrogen-bond acceptors (Lipinski definition) is 0. The van der Waals surface area contributed by atoms with E-state index >= 15 is 0 Å². The molecule has 0 fully saturated rings. The molecule has 0 spiro atoms. The van der Waals surface area contributed by atoms with Gasteiger partial charge in [-0.2, -0.15) is 0 Å². The van der Waals surface area contributed by atoms with E-state index in [-0.39, 0.29) is 0 Å². The fourth-order valence-electron chi connectivity index (χ4n) is 2.19. The second-order valence-corrected chi connectivity index (χ2v) is 4.45. The van der Waals surface area contributed by atoms with E-state index < -0.39 is 0 Å². The summed E-state index contributed by atoms with van der Waals surface area (Å²) in [7, 11) is 0. The molecule has 2 rings (SSSR count). The summed E-state index contributed by atoms with van der Waals surface area (Å²) in [5.41, 5.74) is 5.93. The SMILES string of the molecule is CCCc1c[nH]c2c1C=C(C)C(C)C2. The minimum absolute atomic E-state index is 0.704. The number of allylic oxidation sites excluding steroid dienone is 1. The van der Waals surface area contributed by atoms with Gasteiger partial charge in [0.1, 0.15) is 0 Å². The zero-order valence-corrected chi connectivity index (χ0v) is 9.35. The molecule has 1 nitrogen and oxygen atoms in total. The molecule has 0 radical (unpaired) electrons. The van der Waals surface area contributed by atoms with Gasteiger partial charge in [0.2, 0.25) is 0 Å². The van der Waals surface area contributed by atoms with Crippen molar-refractivity contribution in [3.63, 3.8) is 0 Å². The number of H-pyrrole nitrogens is 1. The first-order chi connectivity index (χ1) is 6.72. The minimum Gasteiger partial charge on any atom is -0.364 e. The second kappa shape index (κ2) is 3.64. The van der Waals surface area contributed by atoms with Crippen molar-refractivity contribution in [1.29, 1.82) is 0 Å². The first-order valence-electron chi connectivity index (χ1n) is 5.59. The third-order valence-corrected chi connectivity index (χ3v) is 3.27. The molecule has 0 aliphatic heterocycles. The third kappa shape index (κ3) is 1.52. The number of rotatable bonds is 2. The third-order valence-electron chi connectivity index (χ3n) is 3.27. The Morgan fingerprint density at radius 1 is 1.50 bits per heavy atom. The van der Waals surface area contributed by atoms with E-state index in [0.717, 1.165) is 0 Å². The van der Waals surface area contributed by atoms with Crippen molar-refractivity contribution in [2.75, 3.05) is 0 Å². The molecule has 0 bridgehead atoms. The van der Waals surface area contributed by atoms with Gasteiger partial charge in [0.25, 0.3) is 0 Å². The highest BCUT2D eigenvalue weighted by Crippen LogP contribution is 2.30. The molecule has 1 aliphatic rings. The Balaban J connectivity index is 2.37. The largest absolute Gasteiger partial charge is 0.364 e. The van der Waals surface area contributed by atoms with Crippen molar-refractivity contribution >= 4 is 6.08 Å². The lowest BCUT2D eigenvalue weighted by atomic mass is 9.87. The lowest BCUT2D eigenvalue weighted by Gasteiger charge is -2.18. The van der Waals surface area contributed by atoms with Gasteiger partial charge in [0.15, 0.2) is 0 Å². The van der Waals surface area contributed by atoms with Crippen LogP contribution in [0, 0.1) is 5.92 Å². The fraction of sp³-hybridized carbons (Fsp3) is 0.538. The van der Waals surface area contributed by atoms with Crippen molar-refractivity contribution in [2.24, 2.45) is 5.92 Å². The molecule has 0 saturated heterocycles. The minimum atomic E-state index is 0.704. The highest BCUT2D eigenvalue weighted by molar-refractivity contribution is 5.62. The summed E-state index contributed by atoms with van der Waals surface area (Å²) in [5.74, 6) is 0.704. The molecule has 0 aromatic carbocycles. The van der Waals surface area contributed by atoms with Crippen molar-refractivity contribution < 1.29 is 0 Å².